The third-order valence-electron chi connectivity index (χ3n) is 1.95. The van der Waals surface area contributed by atoms with Crippen molar-refractivity contribution in [2.75, 3.05) is 0 Å². The summed E-state index contributed by atoms with van der Waals surface area (Å²) in [5.41, 5.74) is 1.06. The van der Waals surface area contributed by atoms with Crippen molar-refractivity contribution in [1.82, 2.24) is 14.5 Å². The second-order valence-electron chi connectivity index (χ2n) is 3.02. The number of nitriles is 1. The van der Waals surface area contributed by atoms with Gasteiger partial charge in [0.1, 0.15) is 11.6 Å². The van der Waals surface area contributed by atoms with Gasteiger partial charge >= 0.3 is 5.69 Å². The molecule has 0 aromatic carbocycles. The lowest BCUT2D eigenvalue weighted by molar-refractivity contribution is 0.706. The number of nitrogens with zero attached hydrogens (tertiary/aromatic N) is 3. The molecular formula is C9H6N4O2S. The molecule has 0 bridgehead atoms. The smallest absolute Gasteiger partial charge is 0.293 e. The molecule has 0 spiro atoms. The molecule has 2 aromatic heterocycles. The third-order valence-corrected chi connectivity index (χ3v) is 2.58. The van der Waals surface area contributed by atoms with Gasteiger partial charge in [0.25, 0.3) is 5.56 Å². The molecule has 0 saturated carbocycles. The SMILES string of the molecule is N#Cc1cn(Cc2cscn2)c(=O)[nH]c1=O. The molecule has 0 fully saturated rings. The van der Waals surface area contributed by atoms with Crippen molar-refractivity contribution in [1.29, 1.82) is 5.26 Å². The summed E-state index contributed by atoms with van der Waals surface area (Å²) in [7, 11) is 0. The molecule has 0 amide bonds. The van der Waals surface area contributed by atoms with Gasteiger partial charge in [-0.05, 0) is 0 Å². The van der Waals surface area contributed by atoms with Crippen molar-refractivity contribution in [3.63, 3.8) is 0 Å². The van der Waals surface area contributed by atoms with Gasteiger partial charge in [-0.1, -0.05) is 0 Å². The molecule has 0 aliphatic rings. The van der Waals surface area contributed by atoms with Gasteiger partial charge in [0.15, 0.2) is 0 Å². The Labute approximate surface area is 93.4 Å². The lowest BCUT2D eigenvalue weighted by atomic mass is 10.3. The molecule has 2 rings (SSSR count). The van der Waals surface area contributed by atoms with E-state index in [4.69, 9.17) is 5.26 Å². The summed E-state index contributed by atoms with van der Waals surface area (Å²) >= 11 is 1.41. The molecular weight excluding hydrogens is 228 g/mol. The Balaban J connectivity index is 2.46. The normalized spacial score (nSPS) is 9.94. The summed E-state index contributed by atoms with van der Waals surface area (Å²) in [6, 6.07) is 1.72. The number of thiazole rings is 1. The van der Waals surface area contributed by atoms with E-state index < -0.39 is 11.2 Å². The Bertz CT molecular complexity index is 647. The van der Waals surface area contributed by atoms with E-state index in [2.05, 4.69) is 9.97 Å². The minimum Gasteiger partial charge on any atom is -0.293 e. The van der Waals surface area contributed by atoms with E-state index in [1.807, 2.05) is 0 Å². The third kappa shape index (κ3) is 1.92. The topological polar surface area (TPSA) is 91.5 Å². The first kappa shape index (κ1) is 10.3. The molecule has 2 aromatic rings. The fourth-order valence-electron chi connectivity index (χ4n) is 1.20. The minimum absolute atomic E-state index is 0.0881. The zero-order valence-electron chi connectivity index (χ0n) is 8.01. The Morgan fingerprint density at radius 1 is 1.56 bits per heavy atom. The number of nitrogens with one attached hydrogen (secondary N) is 1. The maximum absolute atomic E-state index is 11.4. The van der Waals surface area contributed by atoms with Crippen LogP contribution in [0.5, 0.6) is 0 Å². The van der Waals surface area contributed by atoms with E-state index in [9.17, 15) is 9.59 Å². The Hall–Kier alpha value is -2.20. The molecule has 80 valence electrons. The molecule has 6 nitrogen and oxygen atoms in total. The van der Waals surface area contributed by atoms with Crippen molar-refractivity contribution in [2.45, 2.75) is 6.54 Å². The van der Waals surface area contributed by atoms with Gasteiger partial charge in [0.2, 0.25) is 0 Å². The van der Waals surface area contributed by atoms with Gasteiger partial charge in [-0.2, -0.15) is 5.26 Å². The summed E-state index contributed by atoms with van der Waals surface area (Å²) in [6.07, 6.45) is 1.24. The largest absolute Gasteiger partial charge is 0.328 e. The zero-order chi connectivity index (χ0) is 11.5. The van der Waals surface area contributed by atoms with Gasteiger partial charge in [-0.3, -0.25) is 14.3 Å². The lowest BCUT2D eigenvalue weighted by Gasteiger charge is -2.01. The second-order valence-corrected chi connectivity index (χ2v) is 3.74. The lowest BCUT2D eigenvalue weighted by Crippen LogP contribution is -2.31. The highest BCUT2D eigenvalue weighted by Gasteiger charge is 2.05. The van der Waals surface area contributed by atoms with Crippen molar-refractivity contribution < 1.29 is 0 Å². The Morgan fingerprint density at radius 3 is 3.00 bits per heavy atom. The van der Waals surface area contributed by atoms with Crippen molar-refractivity contribution in [3.05, 3.63) is 49.2 Å². The standard InChI is InChI=1S/C9H6N4O2S/c10-1-6-2-13(9(15)12-8(6)14)3-7-4-16-5-11-7/h2,4-5H,3H2,(H,12,14,15). The highest BCUT2D eigenvalue weighted by atomic mass is 32.1. The first-order valence-corrected chi connectivity index (χ1v) is 5.26. The highest BCUT2D eigenvalue weighted by Crippen LogP contribution is 2.01. The maximum Gasteiger partial charge on any atom is 0.328 e. The molecule has 0 unspecified atom stereocenters. The van der Waals surface area contributed by atoms with Crippen molar-refractivity contribution >= 4 is 11.3 Å². The Kier molecular flexibility index (Phi) is 2.66. The number of H-pyrrole nitrogens is 1. The predicted octanol–water partition coefficient (Wildman–Crippen LogP) is -0.0869. The van der Waals surface area contributed by atoms with E-state index in [0.717, 1.165) is 0 Å². The van der Waals surface area contributed by atoms with Crippen LogP contribution in [0.4, 0.5) is 0 Å². The van der Waals surface area contributed by atoms with Crippen LogP contribution in [0.3, 0.4) is 0 Å². The summed E-state index contributed by atoms with van der Waals surface area (Å²) in [5, 5.41) is 10.5. The molecule has 16 heavy (non-hydrogen) atoms. The van der Waals surface area contributed by atoms with Crippen molar-refractivity contribution in [3.8, 4) is 6.07 Å². The first-order valence-electron chi connectivity index (χ1n) is 4.31. The monoisotopic (exact) mass is 234 g/mol. The number of aromatic amines is 1. The van der Waals surface area contributed by atoms with Crippen LogP contribution < -0.4 is 11.2 Å². The van der Waals surface area contributed by atoms with Crippen LogP contribution in [0.15, 0.2) is 26.7 Å². The molecule has 0 saturated heterocycles. The molecule has 1 N–H and O–H groups in total. The molecule has 0 aliphatic heterocycles. The second kappa shape index (κ2) is 4.12. The van der Waals surface area contributed by atoms with E-state index in [1.165, 1.54) is 22.1 Å². The molecule has 0 aliphatic carbocycles. The van der Waals surface area contributed by atoms with Gasteiger partial charge < -0.3 is 0 Å². The average Bonchev–Trinajstić information content (AvgIpc) is 2.75. The van der Waals surface area contributed by atoms with Crippen LogP contribution in [-0.4, -0.2) is 14.5 Å². The van der Waals surface area contributed by atoms with E-state index in [0.29, 0.717) is 5.69 Å². The molecule has 0 radical (unpaired) electrons. The summed E-state index contributed by atoms with van der Waals surface area (Å²) in [6.45, 7) is 0.244. The van der Waals surface area contributed by atoms with Crippen LogP contribution in [0, 0.1) is 11.3 Å². The molecule has 0 atom stereocenters. The van der Waals surface area contributed by atoms with Gasteiger partial charge in [0, 0.05) is 11.6 Å². The van der Waals surface area contributed by atoms with Gasteiger partial charge in [0.05, 0.1) is 17.7 Å². The fourth-order valence-corrected chi connectivity index (χ4v) is 1.75. The quantitative estimate of drug-likeness (QED) is 0.786. The number of aromatic nitrogens is 3. The van der Waals surface area contributed by atoms with E-state index in [-0.39, 0.29) is 12.1 Å². The van der Waals surface area contributed by atoms with Crippen LogP contribution in [-0.2, 0) is 6.54 Å². The zero-order valence-corrected chi connectivity index (χ0v) is 8.82. The summed E-state index contributed by atoms with van der Waals surface area (Å²) in [4.78, 5) is 28.6. The summed E-state index contributed by atoms with van der Waals surface area (Å²) < 4.78 is 1.25. The Morgan fingerprint density at radius 2 is 2.38 bits per heavy atom. The van der Waals surface area contributed by atoms with E-state index in [1.54, 1.807) is 17.0 Å². The number of hydrogen-bond acceptors (Lipinski definition) is 5. The number of hydrogen-bond donors (Lipinski definition) is 1. The van der Waals surface area contributed by atoms with Crippen LogP contribution in [0.2, 0.25) is 0 Å². The van der Waals surface area contributed by atoms with E-state index >= 15 is 0 Å². The van der Waals surface area contributed by atoms with Crippen LogP contribution in [0.25, 0.3) is 0 Å². The first-order chi connectivity index (χ1) is 7.70. The maximum atomic E-state index is 11.4. The van der Waals surface area contributed by atoms with Crippen LogP contribution >= 0.6 is 11.3 Å². The number of rotatable bonds is 2. The minimum atomic E-state index is -0.665. The molecule has 2 heterocycles. The predicted molar refractivity (Wildman–Crippen MR) is 57.3 cm³/mol. The van der Waals surface area contributed by atoms with Crippen molar-refractivity contribution in [2.24, 2.45) is 0 Å². The average molecular weight is 234 g/mol. The highest BCUT2D eigenvalue weighted by molar-refractivity contribution is 7.07. The van der Waals surface area contributed by atoms with Gasteiger partial charge in [-0.25, -0.2) is 9.78 Å². The summed E-state index contributed by atoms with van der Waals surface area (Å²) in [5.74, 6) is 0. The van der Waals surface area contributed by atoms with Crippen LogP contribution in [0.1, 0.15) is 11.3 Å². The van der Waals surface area contributed by atoms with Gasteiger partial charge in [-0.15, -0.1) is 11.3 Å². The molecule has 7 heteroatoms. The fraction of sp³-hybridized carbons (Fsp3) is 0.111.